The summed E-state index contributed by atoms with van der Waals surface area (Å²) >= 11 is 0. The Morgan fingerprint density at radius 1 is 1.22 bits per heavy atom. The van der Waals surface area contributed by atoms with Crippen molar-refractivity contribution in [3.63, 3.8) is 0 Å². The van der Waals surface area contributed by atoms with Gasteiger partial charge in [-0.05, 0) is 11.6 Å². The van der Waals surface area contributed by atoms with Crippen LogP contribution in [0.1, 0.15) is 0 Å². The number of nitro benzene ring substituents is 1. The van der Waals surface area contributed by atoms with Crippen molar-refractivity contribution in [2.24, 2.45) is 15.1 Å². The van der Waals surface area contributed by atoms with Crippen LogP contribution in [0.4, 0.5) is 11.4 Å². The van der Waals surface area contributed by atoms with E-state index in [0.29, 0.717) is 0 Å². The molecule has 1 aliphatic rings. The maximum atomic E-state index is 11.0. The Bertz CT molecular complexity index is 710. The number of amides is 2. The molecule has 2 amide bonds. The lowest BCUT2D eigenvalue weighted by molar-refractivity contribution is -0.384. The van der Waals surface area contributed by atoms with Crippen molar-refractivity contribution < 1.29 is 14.5 Å². The predicted octanol–water partition coefficient (Wildman–Crippen LogP) is -0.157. The number of nitrogens with zero attached hydrogens (tertiary/aromatic N) is 6. The molecule has 2 rings (SSSR count). The average molecular weight is 246 g/mol. The van der Waals surface area contributed by atoms with Crippen LogP contribution in [-0.4, -0.2) is 16.7 Å². The quantitative estimate of drug-likeness (QED) is 0.178. The molecule has 1 aromatic rings. The summed E-state index contributed by atoms with van der Waals surface area (Å²) in [6.45, 7) is 0. The fourth-order valence-electron chi connectivity index (χ4n) is 1.32. The molecule has 1 aliphatic heterocycles. The molecule has 18 heavy (non-hydrogen) atoms. The van der Waals surface area contributed by atoms with Crippen molar-refractivity contribution in [2.45, 2.75) is 0 Å². The summed E-state index contributed by atoms with van der Waals surface area (Å²) in [6, 6.07) is 1.95. The van der Waals surface area contributed by atoms with Gasteiger partial charge in [0.25, 0.3) is 5.69 Å². The number of carbonyl (C=O) groups is 2. The summed E-state index contributed by atoms with van der Waals surface area (Å²) in [6.07, 6.45) is 0. The minimum atomic E-state index is -1.10. The predicted molar refractivity (Wildman–Crippen MR) is 54.2 cm³/mol. The van der Waals surface area contributed by atoms with E-state index in [1.807, 2.05) is 0 Å². The highest BCUT2D eigenvalue weighted by molar-refractivity contribution is 6.36. The third-order valence-electron chi connectivity index (χ3n) is 2.05. The zero-order chi connectivity index (χ0) is 13.3. The van der Waals surface area contributed by atoms with Crippen molar-refractivity contribution in [1.29, 1.82) is 0 Å². The van der Waals surface area contributed by atoms with Gasteiger partial charge in [0.15, 0.2) is 0 Å². The van der Waals surface area contributed by atoms with Crippen molar-refractivity contribution in [2.75, 3.05) is 0 Å². The first-order valence-electron chi connectivity index (χ1n) is 4.42. The number of azide groups is 1. The van der Waals surface area contributed by atoms with Crippen LogP contribution in [0.2, 0.25) is 0 Å². The third-order valence-corrected chi connectivity index (χ3v) is 2.05. The Labute approximate surface area is 97.1 Å². The number of benzene rings is 1. The van der Waals surface area contributed by atoms with Gasteiger partial charge < -0.3 is 0 Å². The smallest absolute Gasteiger partial charge is 0.261 e. The van der Waals surface area contributed by atoms with Gasteiger partial charge in [0.2, 0.25) is 0 Å². The first-order chi connectivity index (χ1) is 8.52. The molecule has 1 aromatic carbocycles. The van der Waals surface area contributed by atoms with Gasteiger partial charge in [0.05, 0.1) is 10.3 Å². The fourth-order valence-corrected chi connectivity index (χ4v) is 1.32. The average Bonchev–Trinajstić information content (AvgIpc) is 2.30. The van der Waals surface area contributed by atoms with Crippen LogP contribution in [0.3, 0.4) is 0 Å². The van der Waals surface area contributed by atoms with E-state index in [4.69, 9.17) is 5.53 Å². The Morgan fingerprint density at radius 2 is 1.78 bits per heavy atom. The maximum absolute atomic E-state index is 11.0. The van der Waals surface area contributed by atoms with Gasteiger partial charge in [-0.2, -0.15) is 0 Å². The minimum Gasteiger partial charge on any atom is -0.261 e. The Hall–Kier alpha value is -3.13. The molecule has 0 spiro atoms. The van der Waals surface area contributed by atoms with Crippen LogP contribution < -0.4 is 10.7 Å². The molecule has 0 N–H and O–H groups in total. The molecule has 0 aromatic heterocycles. The molecule has 0 radical (unpaired) electrons. The molecule has 0 saturated carbocycles. The topological polar surface area (TPSA) is 151 Å². The third kappa shape index (κ3) is 1.79. The normalized spacial score (nSPS) is 12.9. The van der Waals surface area contributed by atoms with Crippen molar-refractivity contribution in [3.05, 3.63) is 43.4 Å². The van der Waals surface area contributed by atoms with Crippen LogP contribution in [0.5, 0.6) is 0 Å². The van der Waals surface area contributed by atoms with Gasteiger partial charge in [-0.3, -0.25) is 19.7 Å². The number of hydrogen-bond acceptors (Lipinski definition) is 5. The lowest BCUT2D eigenvalue weighted by Crippen LogP contribution is -2.34. The molecule has 10 nitrogen and oxygen atoms in total. The van der Waals surface area contributed by atoms with E-state index >= 15 is 0 Å². The van der Waals surface area contributed by atoms with Crippen LogP contribution in [0.15, 0.2) is 27.2 Å². The zero-order valence-corrected chi connectivity index (χ0v) is 8.47. The highest BCUT2D eigenvalue weighted by atomic mass is 16.6. The van der Waals surface area contributed by atoms with Crippen molar-refractivity contribution >= 4 is 23.2 Å². The minimum absolute atomic E-state index is 0.0485. The zero-order valence-electron chi connectivity index (χ0n) is 8.47. The first-order valence-corrected chi connectivity index (χ1v) is 4.42. The number of hydrogen-bond donors (Lipinski definition) is 0. The van der Waals surface area contributed by atoms with E-state index in [0.717, 1.165) is 12.1 Å². The van der Waals surface area contributed by atoms with E-state index in [9.17, 15) is 19.7 Å². The number of nitro groups is 1. The van der Waals surface area contributed by atoms with Gasteiger partial charge in [-0.1, -0.05) is 5.11 Å². The molecule has 0 aliphatic carbocycles. The van der Waals surface area contributed by atoms with Gasteiger partial charge >= 0.3 is 11.8 Å². The molecule has 0 fully saturated rings. The largest absolute Gasteiger partial charge is 0.338 e. The Balaban J connectivity index is 2.87. The van der Waals surface area contributed by atoms with Gasteiger partial charge in [0.1, 0.15) is 11.0 Å². The van der Waals surface area contributed by atoms with E-state index in [-0.39, 0.29) is 16.4 Å². The molecule has 0 unspecified atom stereocenters. The SMILES string of the molecule is [N-]=[N+]=Nc1cc2c(cc1[N+](=O)[O-])=NC(=O)C(=O)N=2. The number of fused-ring (bicyclic) bond motifs is 1. The highest BCUT2D eigenvalue weighted by Crippen LogP contribution is 2.23. The molecule has 0 bridgehead atoms. The van der Waals surface area contributed by atoms with Crippen LogP contribution >= 0.6 is 0 Å². The van der Waals surface area contributed by atoms with Crippen LogP contribution in [-0.2, 0) is 9.59 Å². The first kappa shape index (κ1) is 11.4. The number of rotatable bonds is 2. The van der Waals surface area contributed by atoms with E-state index < -0.39 is 22.4 Å². The molecule has 88 valence electrons. The van der Waals surface area contributed by atoms with Gasteiger partial charge in [-0.15, -0.1) is 0 Å². The van der Waals surface area contributed by atoms with E-state index in [1.54, 1.807) is 0 Å². The lowest BCUT2D eigenvalue weighted by atomic mass is 10.2. The lowest BCUT2D eigenvalue weighted by Gasteiger charge is -1.99. The van der Waals surface area contributed by atoms with Gasteiger partial charge in [-0.25, -0.2) is 9.98 Å². The fraction of sp³-hybridized carbons (Fsp3) is 0. The summed E-state index contributed by atoms with van der Waals surface area (Å²) in [7, 11) is 0. The monoisotopic (exact) mass is 246 g/mol. The second-order valence-electron chi connectivity index (χ2n) is 3.11. The summed E-state index contributed by atoms with van der Waals surface area (Å²) in [5, 5.41) is 13.7. The van der Waals surface area contributed by atoms with Crippen molar-refractivity contribution in [1.82, 2.24) is 0 Å². The summed E-state index contributed by atoms with van der Waals surface area (Å²) < 4.78 is 0. The molecular weight excluding hydrogens is 244 g/mol. The summed E-state index contributed by atoms with van der Waals surface area (Å²) in [5.41, 5.74) is 7.46. The highest BCUT2D eigenvalue weighted by Gasteiger charge is 2.19. The molecule has 0 saturated heterocycles. The Kier molecular flexibility index (Phi) is 2.54. The molecular formula is C8H2N6O4. The molecule has 1 heterocycles. The van der Waals surface area contributed by atoms with Crippen molar-refractivity contribution in [3.8, 4) is 0 Å². The second kappa shape index (κ2) is 4.03. The second-order valence-corrected chi connectivity index (χ2v) is 3.11. The van der Waals surface area contributed by atoms with Crippen LogP contribution in [0, 0.1) is 10.1 Å². The van der Waals surface area contributed by atoms with E-state index in [2.05, 4.69) is 20.0 Å². The van der Waals surface area contributed by atoms with Crippen LogP contribution in [0.25, 0.3) is 10.4 Å². The molecule has 10 heteroatoms. The summed E-state index contributed by atoms with van der Waals surface area (Å²) in [4.78, 5) is 41.1. The van der Waals surface area contributed by atoms with E-state index in [1.165, 1.54) is 0 Å². The number of carbonyl (C=O) groups excluding carboxylic acids is 2. The molecule has 0 atom stereocenters. The van der Waals surface area contributed by atoms with Gasteiger partial charge in [0, 0.05) is 11.0 Å². The Morgan fingerprint density at radius 3 is 2.28 bits per heavy atom. The standard InChI is InChI=1S/C8H2N6O4/c9-13-12-5-1-3-4(2-6(5)14(17)18)11-8(16)7(15)10-3/h1-2H. The summed E-state index contributed by atoms with van der Waals surface area (Å²) in [5.74, 6) is -2.18. The maximum Gasteiger partial charge on any atom is 0.338 e.